The molecule has 0 amide bonds. The monoisotopic (exact) mass is 309 g/mol. The summed E-state index contributed by atoms with van der Waals surface area (Å²) in [5.74, 6) is 0.616. The van der Waals surface area contributed by atoms with Crippen molar-refractivity contribution in [1.82, 2.24) is 5.32 Å². The Morgan fingerprint density at radius 2 is 1.86 bits per heavy atom. The summed E-state index contributed by atoms with van der Waals surface area (Å²) >= 11 is 0. The fraction of sp³-hybridized carbons (Fsp3) is 0.588. The molecule has 0 spiro atoms. The Hall–Kier alpha value is -1.59. The van der Waals surface area contributed by atoms with E-state index in [4.69, 9.17) is 14.6 Å². The van der Waals surface area contributed by atoms with E-state index in [0.717, 1.165) is 43.7 Å². The van der Waals surface area contributed by atoms with E-state index >= 15 is 0 Å². The maximum absolute atomic E-state index is 11.5. The molecule has 5 heteroatoms. The molecular formula is C17H27NO4. The van der Waals surface area contributed by atoms with E-state index in [1.54, 1.807) is 0 Å². The molecule has 0 aliphatic carbocycles. The fourth-order valence-corrected chi connectivity index (χ4v) is 1.85. The average Bonchev–Trinajstić information content (AvgIpc) is 2.53. The molecule has 0 aromatic heterocycles. The van der Waals surface area contributed by atoms with Gasteiger partial charge in [0.1, 0.15) is 5.75 Å². The van der Waals surface area contributed by atoms with E-state index in [0.29, 0.717) is 19.6 Å². The molecule has 0 heterocycles. The highest BCUT2D eigenvalue weighted by Gasteiger charge is 2.04. The quantitative estimate of drug-likeness (QED) is 0.456. The summed E-state index contributed by atoms with van der Waals surface area (Å²) in [5, 5.41) is 11.9. The van der Waals surface area contributed by atoms with E-state index < -0.39 is 0 Å². The van der Waals surface area contributed by atoms with Crippen molar-refractivity contribution < 1.29 is 19.4 Å². The van der Waals surface area contributed by atoms with Crippen molar-refractivity contribution in [3.8, 4) is 5.75 Å². The second-order valence-electron chi connectivity index (χ2n) is 5.07. The Bertz CT molecular complexity index is 406. The summed E-state index contributed by atoms with van der Waals surface area (Å²) in [6.07, 6.45) is 2.84. The second-order valence-corrected chi connectivity index (χ2v) is 5.07. The van der Waals surface area contributed by atoms with Gasteiger partial charge in [0.05, 0.1) is 19.6 Å². The van der Waals surface area contributed by atoms with Crippen LogP contribution < -0.4 is 10.1 Å². The third-order valence-corrected chi connectivity index (χ3v) is 3.02. The number of carbonyl (C=O) groups is 1. The Balaban J connectivity index is 2.17. The van der Waals surface area contributed by atoms with Crippen LogP contribution in [0.25, 0.3) is 0 Å². The first kappa shape index (κ1) is 18.5. The number of esters is 1. The van der Waals surface area contributed by atoms with Crippen LogP contribution in [0.1, 0.15) is 31.7 Å². The van der Waals surface area contributed by atoms with Gasteiger partial charge in [-0.15, -0.1) is 0 Å². The first-order chi connectivity index (χ1) is 10.8. The molecule has 5 nitrogen and oxygen atoms in total. The number of hydrogen-bond donors (Lipinski definition) is 2. The van der Waals surface area contributed by atoms with Gasteiger partial charge in [-0.1, -0.05) is 19.1 Å². The SMILES string of the molecule is CCCOC(=O)Cc1ccc(OCCCNCCCO)cc1. The third kappa shape index (κ3) is 8.64. The van der Waals surface area contributed by atoms with Crippen LogP contribution in [-0.4, -0.2) is 44.0 Å². The molecule has 0 fully saturated rings. The molecule has 0 saturated carbocycles. The number of ether oxygens (including phenoxy) is 2. The van der Waals surface area contributed by atoms with Crippen molar-refractivity contribution >= 4 is 5.97 Å². The lowest BCUT2D eigenvalue weighted by molar-refractivity contribution is -0.142. The van der Waals surface area contributed by atoms with Crippen molar-refractivity contribution in [3.63, 3.8) is 0 Å². The predicted octanol–water partition coefficient (Wildman–Crippen LogP) is 1.92. The first-order valence-corrected chi connectivity index (χ1v) is 7.95. The van der Waals surface area contributed by atoms with E-state index in [2.05, 4.69) is 5.32 Å². The van der Waals surface area contributed by atoms with Crippen LogP contribution >= 0.6 is 0 Å². The summed E-state index contributed by atoms with van der Waals surface area (Å²) in [7, 11) is 0. The number of hydrogen-bond acceptors (Lipinski definition) is 5. The molecule has 0 aliphatic heterocycles. The van der Waals surface area contributed by atoms with Gasteiger partial charge in [-0.2, -0.15) is 0 Å². The van der Waals surface area contributed by atoms with Crippen LogP contribution in [0.15, 0.2) is 24.3 Å². The number of carbonyl (C=O) groups excluding carboxylic acids is 1. The highest BCUT2D eigenvalue weighted by atomic mass is 16.5. The molecule has 0 bridgehead atoms. The summed E-state index contributed by atoms with van der Waals surface area (Å²) in [6.45, 7) is 5.03. The fourth-order valence-electron chi connectivity index (χ4n) is 1.85. The standard InChI is InChI=1S/C17H27NO4/c1-2-12-22-17(20)14-15-5-7-16(8-6-15)21-13-4-10-18-9-3-11-19/h5-8,18-19H,2-4,9-14H2,1H3. The van der Waals surface area contributed by atoms with Crippen LogP contribution in [0.3, 0.4) is 0 Å². The van der Waals surface area contributed by atoms with Gasteiger partial charge in [0, 0.05) is 6.61 Å². The Morgan fingerprint density at radius 3 is 2.55 bits per heavy atom. The third-order valence-electron chi connectivity index (χ3n) is 3.02. The number of aliphatic hydroxyl groups is 1. The maximum Gasteiger partial charge on any atom is 0.310 e. The van der Waals surface area contributed by atoms with Crippen molar-refractivity contribution in [2.75, 3.05) is 32.9 Å². The zero-order valence-corrected chi connectivity index (χ0v) is 13.3. The first-order valence-electron chi connectivity index (χ1n) is 7.95. The molecule has 1 aromatic carbocycles. The van der Waals surface area contributed by atoms with Crippen LogP contribution in [-0.2, 0) is 16.0 Å². The molecule has 2 N–H and O–H groups in total. The van der Waals surface area contributed by atoms with Crippen LogP contribution in [0.4, 0.5) is 0 Å². The highest BCUT2D eigenvalue weighted by Crippen LogP contribution is 2.13. The molecule has 0 atom stereocenters. The molecule has 1 aromatic rings. The minimum Gasteiger partial charge on any atom is -0.494 e. The average molecular weight is 309 g/mol. The summed E-state index contributed by atoms with van der Waals surface area (Å²) in [5.41, 5.74) is 0.930. The van der Waals surface area contributed by atoms with E-state index in [-0.39, 0.29) is 12.6 Å². The van der Waals surface area contributed by atoms with E-state index in [1.165, 1.54) is 0 Å². The minimum atomic E-state index is -0.190. The van der Waals surface area contributed by atoms with Gasteiger partial charge >= 0.3 is 5.97 Å². The van der Waals surface area contributed by atoms with Gasteiger partial charge in [-0.3, -0.25) is 4.79 Å². The zero-order valence-electron chi connectivity index (χ0n) is 13.3. The molecule has 1 rings (SSSR count). The normalized spacial score (nSPS) is 10.5. The number of nitrogens with one attached hydrogen (secondary N) is 1. The highest BCUT2D eigenvalue weighted by molar-refractivity contribution is 5.72. The predicted molar refractivity (Wildman–Crippen MR) is 86.1 cm³/mol. The molecule has 0 aliphatic rings. The van der Waals surface area contributed by atoms with E-state index in [1.807, 2.05) is 31.2 Å². The van der Waals surface area contributed by atoms with Crippen molar-refractivity contribution in [2.24, 2.45) is 0 Å². The lowest BCUT2D eigenvalue weighted by Crippen LogP contribution is -2.19. The van der Waals surface area contributed by atoms with Gasteiger partial charge in [0.25, 0.3) is 0 Å². The Morgan fingerprint density at radius 1 is 1.14 bits per heavy atom. The van der Waals surface area contributed by atoms with Gasteiger partial charge in [-0.25, -0.2) is 0 Å². The van der Waals surface area contributed by atoms with Gasteiger partial charge in [-0.05, 0) is 50.0 Å². The summed E-state index contributed by atoms with van der Waals surface area (Å²) < 4.78 is 10.7. The topological polar surface area (TPSA) is 67.8 Å². The number of rotatable bonds is 12. The number of benzene rings is 1. The van der Waals surface area contributed by atoms with Gasteiger partial charge in [0.2, 0.25) is 0 Å². The van der Waals surface area contributed by atoms with Gasteiger partial charge in [0.15, 0.2) is 0 Å². The Labute approximate surface area is 132 Å². The van der Waals surface area contributed by atoms with Crippen molar-refractivity contribution in [1.29, 1.82) is 0 Å². The summed E-state index contributed by atoms with van der Waals surface area (Å²) in [4.78, 5) is 11.5. The van der Waals surface area contributed by atoms with Crippen LogP contribution in [0, 0.1) is 0 Å². The Kier molecular flexibility index (Phi) is 10.1. The maximum atomic E-state index is 11.5. The van der Waals surface area contributed by atoms with Crippen LogP contribution in [0.5, 0.6) is 5.75 Å². The lowest BCUT2D eigenvalue weighted by atomic mass is 10.1. The summed E-state index contributed by atoms with van der Waals surface area (Å²) in [6, 6.07) is 7.54. The lowest BCUT2D eigenvalue weighted by Gasteiger charge is -2.08. The van der Waals surface area contributed by atoms with Crippen molar-refractivity contribution in [2.45, 2.75) is 32.6 Å². The molecule has 0 unspecified atom stereocenters. The van der Waals surface area contributed by atoms with E-state index in [9.17, 15) is 4.79 Å². The molecule has 22 heavy (non-hydrogen) atoms. The molecule has 0 radical (unpaired) electrons. The molecule has 0 saturated heterocycles. The molecular weight excluding hydrogens is 282 g/mol. The molecule has 124 valence electrons. The number of aliphatic hydroxyl groups excluding tert-OH is 1. The minimum absolute atomic E-state index is 0.190. The largest absolute Gasteiger partial charge is 0.494 e. The van der Waals surface area contributed by atoms with Gasteiger partial charge < -0.3 is 19.9 Å². The second kappa shape index (κ2) is 12.0. The zero-order chi connectivity index (χ0) is 16.0. The smallest absolute Gasteiger partial charge is 0.310 e. The van der Waals surface area contributed by atoms with Crippen molar-refractivity contribution in [3.05, 3.63) is 29.8 Å². The van der Waals surface area contributed by atoms with Crippen LogP contribution in [0.2, 0.25) is 0 Å².